The van der Waals surface area contributed by atoms with E-state index in [-0.39, 0.29) is 12.4 Å². The zero-order chi connectivity index (χ0) is 32.3. The van der Waals surface area contributed by atoms with Gasteiger partial charge in [-0.2, -0.15) is 13.5 Å². The Morgan fingerprint density at radius 2 is 1.83 bits per heavy atom. The molecule has 2 aromatic rings. The molecule has 1 aromatic heterocycles. The van der Waals surface area contributed by atoms with Gasteiger partial charge in [-0.15, -0.1) is 6.58 Å². The van der Waals surface area contributed by atoms with Crippen LogP contribution in [-0.2, 0) is 14.3 Å². The molecule has 1 aliphatic carbocycles. The largest absolute Gasteiger partial charge is 0.372 e. The van der Waals surface area contributed by atoms with Crippen molar-refractivity contribution < 1.29 is 12.6 Å². The van der Waals surface area contributed by atoms with Crippen molar-refractivity contribution in [3.8, 4) is 5.69 Å². The number of thiocarbonyl (C=S) groups is 1. The Morgan fingerprint density at radius 3 is 2.33 bits per heavy atom. The molecule has 11 heteroatoms. The number of hydrogen-bond acceptors (Lipinski definition) is 6. The maximum atomic E-state index is 10.7. The first-order chi connectivity index (χ1) is 20.1. The molecule has 1 fully saturated rings. The summed E-state index contributed by atoms with van der Waals surface area (Å²) in [5, 5.41) is 9.62. The zero-order valence-corrected chi connectivity index (χ0v) is 29.4. The Hall–Kier alpha value is -1.75. The standard InChI is InChI=1S/C22H27Cl2N3S.C6H12O3S.C2H6.CH5N/c1-4-15(5-2)21-14(3)20(22(28)25-17-9-7-6-8-10-17)26-27(21)19-12-11-16(23)13-18(19)24;1-3-5-9-10(7,8)6-4-2;2*1-2/h4,11-13,17H,5-10H2,1-3H3,(H,25,28);3H,1,4-6H2,2H3;1-2H3;2H2,1H3/b15-4+;;;. The number of halogens is 2. The second kappa shape index (κ2) is 21.9. The van der Waals surface area contributed by atoms with Crippen LogP contribution in [0.15, 0.2) is 36.9 Å². The lowest BCUT2D eigenvalue weighted by atomic mass is 9.95. The molecule has 0 atom stereocenters. The van der Waals surface area contributed by atoms with Crippen LogP contribution in [0.4, 0.5) is 0 Å². The first-order valence-corrected chi connectivity index (χ1v) is 17.4. The van der Waals surface area contributed by atoms with Crippen LogP contribution < -0.4 is 11.1 Å². The van der Waals surface area contributed by atoms with Gasteiger partial charge in [-0.1, -0.05) is 94.5 Å². The van der Waals surface area contributed by atoms with Crippen LogP contribution in [0.5, 0.6) is 0 Å². The average molecular weight is 662 g/mol. The van der Waals surface area contributed by atoms with Gasteiger partial charge in [-0.05, 0) is 70.4 Å². The van der Waals surface area contributed by atoms with Crippen LogP contribution in [0.1, 0.15) is 96.5 Å². The first kappa shape index (κ1) is 40.2. The molecule has 0 radical (unpaired) electrons. The molecular weight excluding hydrogens is 611 g/mol. The number of nitrogens with one attached hydrogen (secondary N) is 1. The van der Waals surface area contributed by atoms with Crippen molar-refractivity contribution in [1.82, 2.24) is 15.1 Å². The van der Waals surface area contributed by atoms with Crippen LogP contribution in [0, 0.1) is 6.92 Å². The molecule has 238 valence electrons. The van der Waals surface area contributed by atoms with Gasteiger partial charge in [0.1, 0.15) is 10.7 Å². The van der Waals surface area contributed by atoms with Crippen molar-refractivity contribution in [2.45, 2.75) is 92.5 Å². The molecule has 0 amide bonds. The van der Waals surface area contributed by atoms with Gasteiger partial charge >= 0.3 is 0 Å². The van der Waals surface area contributed by atoms with E-state index in [1.165, 1.54) is 50.8 Å². The van der Waals surface area contributed by atoms with Crippen molar-refractivity contribution in [3.63, 3.8) is 0 Å². The van der Waals surface area contributed by atoms with E-state index >= 15 is 0 Å². The zero-order valence-electron chi connectivity index (χ0n) is 26.3. The lowest BCUT2D eigenvalue weighted by Gasteiger charge is -2.23. The van der Waals surface area contributed by atoms with Crippen molar-refractivity contribution in [2.75, 3.05) is 19.4 Å². The lowest BCUT2D eigenvalue weighted by molar-refractivity contribution is 0.357. The predicted octanol–water partition coefficient (Wildman–Crippen LogP) is 8.43. The molecular formula is C31H50Cl2N4O3S2. The van der Waals surface area contributed by atoms with Crippen LogP contribution in [0.3, 0.4) is 0 Å². The van der Waals surface area contributed by atoms with Gasteiger partial charge in [-0.25, -0.2) is 4.68 Å². The number of aromatic nitrogens is 2. The molecule has 0 bridgehead atoms. The highest BCUT2D eigenvalue weighted by atomic mass is 35.5. The monoisotopic (exact) mass is 660 g/mol. The molecule has 0 saturated heterocycles. The highest BCUT2D eigenvalue weighted by molar-refractivity contribution is 7.86. The topological polar surface area (TPSA) is 99.2 Å². The molecule has 1 aliphatic rings. The highest BCUT2D eigenvalue weighted by Crippen LogP contribution is 2.32. The van der Waals surface area contributed by atoms with Gasteiger partial charge in [0.2, 0.25) is 0 Å². The summed E-state index contributed by atoms with van der Waals surface area (Å²) in [6.45, 7) is 15.5. The van der Waals surface area contributed by atoms with Crippen molar-refractivity contribution >= 4 is 56.1 Å². The predicted molar refractivity (Wildman–Crippen MR) is 186 cm³/mol. The van der Waals surface area contributed by atoms with Crippen molar-refractivity contribution in [2.24, 2.45) is 5.73 Å². The normalized spacial score (nSPS) is 13.4. The molecule has 0 spiro atoms. The molecule has 0 unspecified atom stereocenters. The second-order valence-corrected chi connectivity index (χ2v) is 12.2. The Bertz CT molecular complexity index is 1240. The van der Waals surface area contributed by atoms with Gasteiger partial charge in [0.05, 0.1) is 28.8 Å². The third kappa shape index (κ3) is 12.9. The van der Waals surface area contributed by atoms with E-state index < -0.39 is 10.1 Å². The molecule has 1 saturated carbocycles. The Balaban J connectivity index is 0.00000101. The molecule has 7 nitrogen and oxygen atoms in total. The summed E-state index contributed by atoms with van der Waals surface area (Å²) in [6, 6.07) is 5.94. The number of allylic oxidation sites excluding steroid dienone is 2. The van der Waals surface area contributed by atoms with E-state index in [2.05, 4.69) is 48.7 Å². The average Bonchev–Trinajstić information content (AvgIpc) is 3.32. The maximum absolute atomic E-state index is 10.7. The minimum Gasteiger partial charge on any atom is -0.372 e. The highest BCUT2D eigenvalue weighted by Gasteiger charge is 2.23. The Labute approximate surface area is 270 Å². The molecule has 42 heavy (non-hydrogen) atoms. The summed E-state index contributed by atoms with van der Waals surface area (Å²) in [6.07, 6.45) is 11.2. The first-order valence-electron chi connectivity index (χ1n) is 14.7. The number of hydrogen-bond donors (Lipinski definition) is 2. The fraction of sp³-hybridized carbons (Fsp3) is 0.548. The SMILES string of the molecule is C/C=C(\CC)c1c(C)c(C(=S)NC2CCCCC2)nn1-c1ccc(Cl)cc1Cl.C=CCOS(=O)(=O)CCC.CC.CN. The Kier molecular flexibility index (Phi) is 21.0. The van der Waals surface area contributed by atoms with Crippen molar-refractivity contribution in [1.29, 1.82) is 0 Å². The third-order valence-corrected chi connectivity index (χ3v) is 8.52. The van der Waals surface area contributed by atoms with E-state index in [1.54, 1.807) is 13.0 Å². The van der Waals surface area contributed by atoms with Crippen molar-refractivity contribution in [3.05, 3.63) is 63.9 Å². The quantitative estimate of drug-likeness (QED) is 0.150. The summed E-state index contributed by atoms with van der Waals surface area (Å²) in [5.74, 6) is 0.0842. The van der Waals surface area contributed by atoms with Gasteiger partial charge in [0, 0.05) is 16.6 Å². The van der Waals surface area contributed by atoms with E-state index in [1.807, 2.05) is 30.7 Å². The van der Waals surface area contributed by atoms with Crippen LogP contribution in [-0.4, -0.2) is 48.6 Å². The molecule has 3 rings (SSSR count). The summed E-state index contributed by atoms with van der Waals surface area (Å²) in [7, 11) is -1.77. The van der Waals surface area contributed by atoms with Gasteiger partial charge in [0.15, 0.2) is 0 Å². The van der Waals surface area contributed by atoms with Crippen LogP contribution in [0.2, 0.25) is 10.0 Å². The fourth-order valence-corrected chi connectivity index (χ4v) is 6.16. The van der Waals surface area contributed by atoms with Crippen LogP contribution in [0.25, 0.3) is 11.3 Å². The summed E-state index contributed by atoms with van der Waals surface area (Å²) in [5.41, 5.74) is 9.48. The maximum Gasteiger partial charge on any atom is 0.267 e. The number of nitrogens with zero attached hydrogens (tertiary/aromatic N) is 2. The minimum absolute atomic E-state index is 0.0718. The summed E-state index contributed by atoms with van der Waals surface area (Å²) >= 11 is 18.4. The van der Waals surface area contributed by atoms with Gasteiger partial charge in [-0.3, -0.25) is 4.18 Å². The molecule has 0 aliphatic heterocycles. The van der Waals surface area contributed by atoms with E-state index in [0.717, 1.165) is 34.0 Å². The van der Waals surface area contributed by atoms with Gasteiger partial charge < -0.3 is 11.1 Å². The smallest absolute Gasteiger partial charge is 0.267 e. The summed E-state index contributed by atoms with van der Waals surface area (Å²) < 4.78 is 27.8. The van der Waals surface area contributed by atoms with Crippen LogP contribution >= 0.6 is 35.4 Å². The molecule has 1 heterocycles. The Morgan fingerprint density at radius 1 is 1.21 bits per heavy atom. The summed E-state index contributed by atoms with van der Waals surface area (Å²) in [4.78, 5) is 0.723. The number of benzene rings is 1. The molecule has 1 aromatic carbocycles. The van der Waals surface area contributed by atoms with Gasteiger partial charge in [0.25, 0.3) is 10.1 Å². The van der Waals surface area contributed by atoms with E-state index in [9.17, 15) is 8.42 Å². The number of nitrogens with two attached hydrogens (primary N) is 1. The third-order valence-electron chi connectivity index (χ3n) is 6.27. The fourth-order valence-electron chi connectivity index (χ4n) is 4.39. The van der Waals surface area contributed by atoms with E-state index in [4.69, 9.17) is 40.5 Å². The lowest BCUT2D eigenvalue weighted by Crippen LogP contribution is -2.36. The minimum atomic E-state index is -3.27. The van der Waals surface area contributed by atoms with E-state index in [0.29, 0.717) is 22.5 Å². The number of rotatable bonds is 10. The molecule has 3 N–H and O–H groups in total. The second-order valence-electron chi connectivity index (χ2n) is 9.14.